The number of rotatable bonds is 4. The van der Waals surface area contributed by atoms with Crippen molar-refractivity contribution in [3.63, 3.8) is 0 Å². The average Bonchev–Trinajstić information content (AvgIpc) is 3.01. The molecule has 2 aliphatic rings. The van der Waals surface area contributed by atoms with Crippen molar-refractivity contribution >= 4 is 28.6 Å². The summed E-state index contributed by atoms with van der Waals surface area (Å²) in [5, 5.41) is 1.14. The van der Waals surface area contributed by atoms with Gasteiger partial charge in [0.15, 0.2) is 5.16 Å². The van der Waals surface area contributed by atoms with Crippen LogP contribution in [0.1, 0.15) is 45.6 Å². The number of hydrogen-bond acceptors (Lipinski definition) is 4. The Hall–Kier alpha value is -2.60. The SMILES string of the molecule is Cc1ccc(-n2c(SCC(=O)N3CC4(C)CC3CC(C)(C)C4)nc3ccccc3c2=O)cc1. The van der Waals surface area contributed by atoms with Crippen molar-refractivity contribution in [2.75, 3.05) is 12.3 Å². The molecule has 1 amide bonds. The second-order valence-electron chi connectivity index (χ2n) is 10.9. The van der Waals surface area contributed by atoms with E-state index in [0.29, 0.717) is 22.1 Å². The molecule has 2 aromatic carbocycles. The van der Waals surface area contributed by atoms with Gasteiger partial charge in [-0.1, -0.05) is 62.4 Å². The van der Waals surface area contributed by atoms with E-state index in [4.69, 9.17) is 4.98 Å². The van der Waals surface area contributed by atoms with Crippen LogP contribution in [0.4, 0.5) is 0 Å². The van der Waals surface area contributed by atoms with E-state index in [-0.39, 0.29) is 28.0 Å². The highest BCUT2D eigenvalue weighted by Crippen LogP contribution is 2.52. The largest absolute Gasteiger partial charge is 0.338 e. The van der Waals surface area contributed by atoms with Gasteiger partial charge >= 0.3 is 0 Å². The first-order valence-corrected chi connectivity index (χ1v) is 12.6. The van der Waals surface area contributed by atoms with E-state index >= 15 is 0 Å². The van der Waals surface area contributed by atoms with E-state index in [9.17, 15) is 9.59 Å². The van der Waals surface area contributed by atoms with Gasteiger partial charge in [-0.15, -0.1) is 0 Å². The second kappa shape index (κ2) is 8.01. The van der Waals surface area contributed by atoms with Crippen molar-refractivity contribution in [1.29, 1.82) is 0 Å². The van der Waals surface area contributed by atoms with Crippen molar-refractivity contribution in [1.82, 2.24) is 14.5 Å². The van der Waals surface area contributed by atoms with E-state index in [1.807, 2.05) is 55.5 Å². The molecule has 1 aromatic heterocycles. The van der Waals surface area contributed by atoms with E-state index < -0.39 is 0 Å². The number of nitrogens with zero attached hydrogens (tertiary/aromatic N) is 3. The quantitative estimate of drug-likeness (QED) is 0.395. The van der Waals surface area contributed by atoms with Crippen LogP contribution in [-0.2, 0) is 4.79 Å². The lowest BCUT2D eigenvalue weighted by molar-refractivity contribution is -0.129. The number of fused-ring (bicyclic) bond motifs is 3. The molecule has 6 heteroatoms. The molecule has 1 aliphatic heterocycles. The number of carbonyl (C=O) groups excluding carboxylic acids is 1. The van der Waals surface area contributed by atoms with Gasteiger partial charge in [0, 0.05) is 12.6 Å². The van der Waals surface area contributed by atoms with Crippen molar-refractivity contribution in [3.05, 3.63) is 64.4 Å². The Morgan fingerprint density at radius 3 is 2.58 bits per heavy atom. The van der Waals surface area contributed by atoms with E-state index in [1.54, 1.807) is 4.57 Å². The molecule has 2 atom stereocenters. The Labute approximate surface area is 199 Å². The predicted molar refractivity (Wildman–Crippen MR) is 134 cm³/mol. The van der Waals surface area contributed by atoms with Crippen molar-refractivity contribution in [2.24, 2.45) is 10.8 Å². The molecule has 33 heavy (non-hydrogen) atoms. The number of likely N-dealkylation sites (tertiary alicyclic amines) is 1. The molecule has 2 fully saturated rings. The highest BCUT2D eigenvalue weighted by atomic mass is 32.2. The molecule has 0 spiro atoms. The minimum absolute atomic E-state index is 0.106. The number of aryl methyl sites for hydroxylation is 1. The monoisotopic (exact) mass is 461 g/mol. The van der Waals surface area contributed by atoms with Gasteiger partial charge < -0.3 is 4.90 Å². The Balaban J connectivity index is 1.45. The number of aromatic nitrogens is 2. The van der Waals surface area contributed by atoms with Gasteiger partial charge in [-0.2, -0.15) is 0 Å². The summed E-state index contributed by atoms with van der Waals surface area (Å²) in [6.45, 7) is 9.81. The molecule has 1 saturated carbocycles. The molecule has 5 nitrogen and oxygen atoms in total. The Kier molecular flexibility index (Phi) is 5.39. The summed E-state index contributed by atoms with van der Waals surface area (Å²) in [5.74, 6) is 0.424. The first kappa shape index (κ1) is 22.2. The molecule has 2 heterocycles. The first-order valence-electron chi connectivity index (χ1n) is 11.7. The van der Waals surface area contributed by atoms with Crippen LogP contribution < -0.4 is 5.56 Å². The van der Waals surface area contributed by atoms with Crippen LogP contribution in [0.3, 0.4) is 0 Å². The van der Waals surface area contributed by atoms with Crippen LogP contribution in [0, 0.1) is 17.8 Å². The van der Waals surface area contributed by atoms with Crippen LogP contribution in [0.2, 0.25) is 0 Å². The molecular weight excluding hydrogens is 430 g/mol. The number of benzene rings is 2. The molecule has 1 saturated heterocycles. The normalized spacial score (nSPS) is 23.8. The fourth-order valence-corrected chi connectivity index (χ4v) is 6.99. The third-order valence-electron chi connectivity index (χ3n) is 7.10. The van der Waals surface area contributed by atoms with Gasteiger partial charge in [0.2, 0.25) is 5.91 Å². The highest BCUT2D eigenvalue weighted by molar-refractivity contribution is 7.99. The van der Waals surface area contributed by atoms with E-state index in [0.717, 1.165) is 37.1 Å². The third-order valence-corrected chi connectivity index (χ3v) is 8.02. The smallest absolute Gasteiger partial charge is 0.266 e. The summed E-state index contributed by atoms with van der Waals surface area (Å²) in [7, 11) is 0. The summed E-state index contributed by atoms with van der Waals surface area (Å²) in [6.07, 6.45) is 3.31. The Morgan fingerprint density at radius 1 is 1.09 bits per heavy atom. The van der Waals surface area contributed by atoms with Crippen molar-refractivity contribution in [3.8, 4) is 5.69 Å². The molecule has 0 radical (unpaired) electrons. The lowest BCUT2D eigenvalue weighted by atomic mass is 9.65. The number of thioether (sulfide) groups is 1. The van der Waals surface area contributed by atoms with E-state index in [1.165, 1.54) is 11.8 Å². The summed E-state index contributed by atoms with van der Waals surface area (Å²) in [6, 6.07) is 15.6. The van der Waals surface area contributed by atoms with Crippen LogP contribution in [0.5, 0.6) is 0 Å². The standard InChI is InChI=1S/C27H31N3O2S/c1-18-9-11-19(12-10-18)30-24(32)21-7-5-6-8-22(21)28-25(30)33-15-23(31)29-17-27(4)14-20(29)13-26(2,3)16-27/h5-12,20H,13-17H2,1-4H3. The molecule has 0 N–H and O–H groups in total. The maximum Gasteiger partial charge on any atom is 0.266 e. The van der Waals surface area contributed by atoms with Gasteiger partial charge in [-0.3, -0.25) is 14.2 Å². The fourth-order valence-electron chi connectivity index (χ4n) is 6.09. The van der Waals surface area contributed by atoms with Gasteiger partial charge in [0.05, 0.1) is 22.3 Å². The zero-order valence-corrected chi connectivity index (χ0v) is 20.6. The average molecular weight is 462 g/mol. The van der Waals surface area contributed by atoms with Crippen LogP contribution in [0.25, 0.3) is 16.6 Å². The van der Waals surface area contributed by atoms with Crippen molar-refractivity contribution < 1.29 is 4.79 Å². The topological polar surface area (TPSA) is 55.2 Å². The number of para-hydroxylation sites is 1. The number of hydrogen-bond donors (Lipinski definition) is 0. The van der Waals surface area contributed by atoms with Crippen molar-refractivity contribution in [2.45, 2.75) is 58.2 Å². The van der Waals surface area contributed by atoms with Crippen LogP contribution in [0.15, 0.2) is 58.5 Å². The zero-order valence-electron chi connectivity index (χ0n) is 19.8. The molecule has 172 valence electrons. The van der Waals surface area contributed by atoms with Gasteiger partial charge in [-0.05, 0) is 61.3 Å². The molecule has 2 bridgehead atoms. The maximum absolute atomic E-state index is 13.4. The summed E-state index contributed by atoms with van der Waals surface area (Å²) >= 11 is 1.36. The molecule has 1 aliphatic carbocycles. The molecule has 5 rings (SSSR count). The summed E-state index contributed by atoms with van der Waals surface area (Å²) in [5.41, 5.74) is 2.92. The minimum Gasteiger partial charge on any atom is -0.338 e. The molecule has 2 unspecified atom stereocenters. The van der Waals surface area contributed by atoms with E-state index in [2.05, 4.69) is 25.7 Å². The number of carbonyl (C=O) groups is 1. The lowest BCUT2D eigenvalue weighted by Gasteiger charge is -2.39. The summed E-state index contributed by atoms with van der Waals surface area (Å²) in [4.78, 5) is 33.6. The van der Waals surface area contributed by atoms with Gasteiger partial charge in [-0.25, -0.2) is 4.98 Å². The van der Waals surface area contributed by atoms with Gasteiger partial charge in [0.25, 0.3) is 5.56 Å². The minimum atomic E-state index is -0.106. The highest BCUT2D eigenvalue weighted by Gasteiger charge is 2.50. The third kappa shape index (κ3) is 4.21. The second-order valence-corrected chi connectivity index (χ2v) is 11.9. The molecular formula is C27H31N3O2S. The lowest BCUT2D eigenvalue weighted by Crippen LogP contribution is -2.38. The Morgan fingerprint density at radius 2 is 1.82 bits per heavy atom. The Bertz CT molecular complexity index is 1280. The first-order chi connectivity index (χ1) is 15.6. The zero-order chi connectivity index (χ0) is 23.4. The fraction of sp³-hybridized carbons (Fsp3) is 0.444. The maximum atomic E-state index is 13.4. The summed E-state index contributed by atoms with van der Waals surface area (Å²) < 4.78 is 1.65. The molecule has 3 aromatic rings. The van der Waals surface area contributed by atoms with Crippen LogP contribution in [-0.4, -0.2) is 38.7 Å². The number of amides is 1. The van der Waals surface area contributed by atoms with Gasteiger partial charge in [0.1, 0.15) is 0 Å². The predicted octanol–water partition coefficient (Wildman–Crippen LogP) is 5.21. The van der Waals surface area contributed by atoms with Crippen LogP contribution >= 0.6 is 11.8 Å².